The van der Waals surface area contributed by atoms with E-state index in [0.717, 1.165) is 22.7 Å². The zero-order valence-corrected chi connectivity index (χ0v) is 14.2. The molecule has 5 rings (SSSR count). The first kappa shape index (κ1) is 14.1. The third-order valence-corrected chi connectivity index (χ3v) is 7.74. The molecule has 4 fully saturated rings. The highest BCUT2D eigenvalue weighted by Gasteiger charge is 2.68. The van der Waals surface area contributed by atoms with Crippen LogP contribution in [0.1, 0.15) is 31.2 Å². The molecule has 1 aromatic rings. The summed E-state index contributed by atoms with van der Waals surface area (Å²) in [6.45, 7) is 0. The number of thiocarbonyl (C=S) groups is 1. The van der Waals surface area contributed by atoms with Crippen LogP contribution in [0, 0.1) is 23.2 Å². The topological polar surface area (TPSA) is 26.0 Å². The zero-order chi connectivity index (χ0) is 14.7. The third kappa shape index (κ3) is 1.80. The van der Waals surface area contributed by atoms with Crippen molar-refractivity contribution >= 4 is 29.0 Å². The van der Waals surface area contributed by atoms with E-state index < -0.39 is 0 Å². The van der Waals surface area contributed by atoms with Gasteiger partial charge in [-0.3, -0.25) is 0 Å². The van der Waals surface area contributed by atoms with Gasteiger partial charge in [0.05, 0.1) is 4.99 Å². The molecule has 0 spiro atoms. The van der Waals surface area contributed by atoms with Crippen LogP contribution in [0.2, 0.25) is 0 Å². The number of rotatable bonds is 4. The summed E-state index contributed by atoms with van der Waals surface area (Å²) in [6, 6.07) is 11.1. The number of hydrogen-bond donors (Lipinski definition) is 1. The first-order chi connectivity index (χ1) is 10.1. The van der Waals surface area contributed by atoms with Crippen LogP contribution in [-0.2, 0) is 5.41 Å². The van der Waals surface area contributed by atoms with Gasteiger partial charge in [0.15, 0.2) is 0 Å². The Morgan fingerprint density at radius 2 is 2.05 bits per heavy atom. The molecule has 4 bridgehead atoms. The largest absolute Gasteiger partial charge is 0.393 e. The second-order valence-electron chi connectivity index (χ2n) is 7.44. The predicted octanol–water partition coefficient (Wildman–Crippen LogP) is 4.01. The van der Waals surface area contributed by atoms with E-state index in [1.54, 1.807) is 0 Å². The molecular formula is C18H23NS2. The predicted molar refractivity (Wildman–Crippen MR) is 94.7 cm³/mol. The summed E-state index contributed by atoms with van der Waals surface area (Å²) in [5, 5.41) is 0. The monoisotopic (exact) mass is 317 g/mol. The van der Waals surface area contributed by atoms with Crippen LogP contribution in [0.15, 0.2) is 30.3 Å². The first-order valence-electron chi connectivity index (χ1n) is 7.96. The lowest BCUT2D eigenvalue weighted by Gasteiger charge is -2.43. The maximum atomic E-state index is 6.28. The van der Waals surface area contributed by atoms with Gasteiger partial charge in [-0.15, -0.1) is 0 Å². The second-order valence-corrected chi connectivity index (χ2v) is 8.79. The van der Waals surface area contributed by atoms with Crippen molar-refractivity contribution in [3.8, 4) is 0 Å². The highest BCUT2D eigenvalue weighted by Crippen LogP contribution is 2.72. The van der Waals surface area contributed by atoms with Crippen molar-refractivity contribution in [2.24, 2.45) is 28.9 Å². The number of nitrogens with two attached hydrogens (primary N) is 1. The smallest absolute Gasteiger partial charge is 0.0793 e. The van der Waals surface area contributed by atoms with E-state index >= 15 is 0 Å². The fraction of sp³-hybridized carbons (Fsp3) is 0.611. The Morgan fingerprint density at radius 3 is 2.71 bits per heavy atom. The standard InChI is InChI=1S/C18H23NS2/c1-21-10-14-12-7-17(13-5-3-2-4-6-13)9-15(14)18(8-12,11-17)16(19)20/h2-6,12,14-15H,7-11H2,1H3,(H2,19,20). The molecule has 0 radical (unpaired) electrons. The van der Waals surface area contributed by atoms with Gasteiger partial charge < -0.3 is 5.73 Å². The normalized spacial score (nSPS) is 43.4. The molecule has 5 atom stereocenters. The zero-order valence-electron chi connectivity index (χ0n) is 12.5. The van der Waals surface area contributed by atoms with Gasteiger partial charge in [-0.25, -0.2) is 0 Å². The van der Waals surface area contributed by atoms with Crippen molar-refractivity contribution in [1.82, 2.24) is 0 Å². The van der Waals surface area contributed by atoms with Crippen LogP contribution in [0.3, 0.4) is 0 Å². The molecule has 4 saturated carbocycles. The molecule has 21 heavy (non-hydrogen) atoms. The molecule has 112 valence electrons. The van der Waals surface area contributed by atoms with Crippen molar-refractivity contribution < 1.29 is 0 Å². The molecule has 0 aliphatic heterocycles. The van der Waals surface area contributed by atoms with Gasteiger partial charge >= 0.3 is 0 Å². The van der Waals surface area contributed by atoms with Crippen molar-refractivity contribution in [3.05, 3.63) is 35.9 Å². The average molecular weight is 318 g/mol. The molecule has 5 unspecified atom stereocenters. The van der Waals surface area contributed by atoms with Gasteiger partial charge in [-0.05, 0) is 66.4 Å². The summed E-state index contributed by atoms with van der Waals surface area (Å²) < 4.78 is 0. The first-order valence-corrected chi connectivity index (χ1v) is 9.76. The molecule has 3 heteroatoms. The fourth-order valence-corrected chi connectivity index (χ4v) is 7.18. The highest BCUT2D eigenvalue weighted by atomic mass is 32.2. The van der Waals surface area contributed by atoms with Crippen molar-refractivity contribution in [3.63, 3.8) is 0 Å². The van der Waals surface area contributed by atoms with Crippen molar-refractivity contribution in [2.45, 2.75) is 31.1 Å². The van der Waals surface area contributed by atoms with Crippen LogP contribution in [0.25, 0.3) is 0 Å². The Balaban J connectivity index is 1.77. The van der Waals surface area contributed by atoms with Gasteiger partial charge in [0.2, 0.25) is 0 Å². The highest BCUT2D eigenvalue weighted by molar-refractivity contribution is 7.98. The lowest BCUT2D eigenvalue weighted by Crippen LogP contribution is -2.40. The summed E-state index contributed by atoms with van der Waals surface area (Å²) in [6.07, 6.45) is 7.34. The van der Waals surface area contributed by atoms with Crippen LogP contribution >= 0.6 is 24.0 Å². The maximum absolute atomic E-state index is 6.28. The molecule has 1 nitrogen and oxygen atoms in total. The van der Waals surface area contributed by atoms with Gasteiger partial charge in [-0.2, -0.15) is 11.8 Å². The lowest BCUT2D eigenvalue weighted by molar-refractivity contribution is 0.177. The average Bonchev–Trinajstić information content (AvgIpc) is 2.86. The summed E-state index contributed by atoms with van der Waals surface area (Å²) in [5.74, 6) is 3.67. The molecule has 1 aromatic carbocycles. The van der Waals surface area contributed by atoms with E-state index in [-0.39, 0.29) is 5.41 Å². The van der Waals surface area contributed by atoms with Crippen LogP contribution < -0.4 is 5.73 Å². The SMILES string of the molecule is CSCC1C2CC3(c4ccccc4)CC1C(C(N)=S)(C2)C3. The summed E-state index contributed by atoms with van der Waals surface area (Å²) in [5.41, 5.74) is 8.32. The van der Waals surface area contributed by atoms with Crippen molar-refractivity contribution in [1.29, 1.82) is 0 Å². The molecule has 4 aliphatic carbocycles. The lowest BCUT2D eigenvalue weighted by atomic mass is 9.62. The van der Waals surface area contributed by atoms with Gasteiger partial charge in [0.1, 0.15) is 0 Å². The van der Waals surface area contributed by atoms with E-state index in [0.29, 0.717) is 5.41 Å². The Morgan fingerprint density at radius 1 is 1.29 bits per heavy atom. The van der Waals surface area contributed by atoms with E-state index in [1.807, 2.05) is 11.8 Å². The summed E-state index contributed by atoms with van der Waals surface area (Å²) in [7, 11) is 0. The van der Waals surface area contributed by atoms with E-state index in [9.17, 15) is 0 Å². The van der Waals surface area contributed by atoms with E-state index in [2.05, 4.69) is 36.6 Å². The Hall–Kier alpha value is -0.540. The van der Waals surface area contributed by atoms with Crippen LogP contribution in [-0.4, -0.2) is 17.0 Å². The summed E-state index contributed by atoms with van der Waals surface area (Å²) >= 11 is 7.56. The molecule has 0 heterocycles. The minimum atomic E-state index is 0.161. The quantitative estimate of drug-likeness (QED) is 0.850. The molecule has 0 amide bonds. The summed E-state index contributed by atoms with van der Waals surface area (Å²) in [4.78, 5) is 0.804. The Kier molecular flexibility index (Phi) is 3.17. The third-order valence-electron chi connectivity index (χ3n) is 6.61. The molecule has 4 aliphatic rings. The number of hydrogen-bond acceptors (Lipinski definition) is 2. The number of benzene rings is 1. The minimum absolute atomic E-state index is 0.161. The van der Waals surface area contributed by atoms with Gasteiger partial charge in [0, 0.05) is 5.41 Å². The maximum Gasteiger partial charge on any atom is 0.0793 e. The van der Waals surface area contributed by atoms with Crippen LogP contribution in [0.5, 0.6) is 0 Å². The molecule has 0 saturated heterocycles. The molecular weight excluding hydrogens is 294 g/mol. The minimum Gasteiger partial charge on any atom is -0.393 e. The fourth-order valence-electron chi connectivity index (χ4n) is 5.98. The van der Waals surface area contributed by atoms with E-state index in [1.165, 1.54) is 37.0 Å². The van der Waals surface area contributed by atoms with Crippen LogP contribution in [0.4, 0.5) is 0 Å². The van der Waals surface area contributed by atoms with Crippen molar-refractivity contribution in [2.75, 3.05) is 12.0 Å². The Labute approximate surface area is 137 Å². The molecule has 0 aromatic heterocycles. The second kappa shape index (κ2) is 4.73. The molecule has 2 N–H and O–H groups in total. The number of thioether (sulfide) groups is 1. The Bertz CT molecular complexity index is 572. The van der Waals surface area contributed by atoms with Gasteiger partial charge in [0.25, 0.3) is 0 Å². The van der Waals surface area contributed by atoms with Gasteiger partial charge in [-0.1, -0.05) is 42.5 Å². The van der Waals surface area contributed by atoms with E-state index in [4.69, 9.17) is 18.0 Å².